The number of piperazine rings is 1. The summed E-state index contributed by atoms with van der Waals surface area (Å²) in [7, 11) is 0. The predicted molar refractivity (Wildman–Crippen MR) is 107 cm³/mol. The molecule has 0 radical (unpaired) electrons. The molecule has 1 aliphatic rings. The van der Waals surface area contributed by atoms with Crippen molar-refractivity contribution >= 4 is 30.1 Å². The Bertz CT molecular complexity index is 651. The number of nitrogens with zero attached hydrogens (tertiary/aromatic N) is 1. The maximum absolute atomic E-state index is 12.5. The molecule has 27 heavy (non-hydrogen) atoms. The molecular formula is C19H29ClN4O3. The van der Waals surface area contributed by atoms with Crippen LogP contribution in [0.2, 0.25) is 0 Å². The highest BCUT2D eigenvalue weighted by Gasteiger charge is 2.32. The summed E-state index contributed by atoms with van der Waals surface area (Å²) in [6.45, 7) is 5.73. The maximum atomic E-state index is 12.5. The van der Waals surface area contributed by atoms with Crippen LogP contribution in [0.4, 0.5) is 0 Å². The first-order valence-corrected chi connectivity index (χ1v) is 9.09. The van der Waals surface area contributed by atoms with Crippen LogP contribution in [0.3, 0.4) is 0 Å². The van der Waals surface area contributed by atoms with Crippen molar-refractivity contribution < 1.29 is 14.4 Å². The molecule has 1 fully saturated rings. The van der Waals surface area contributed by atoms with E-state index in [4.69, 9.17) is 5.73 Å². The van der Waals surface area contributed by atoms with Crippen LogP contribution >= 0.6 is 12.4 Å². The van der Waals surface area contributed by atoms with Crippen molar-refractivity contribution in [2.24, 2.45) is 11.1 Å². The first-order valence-electron chi connectivity index (χ1n) is 9.09. The lowest BCUT2D eigenvalue weighted by Gasteiger charge is -2.28. The molecule has 1 aromatic carbocycles. The first kappa shape index (κ1) is 22.9. The van der Waals surface area contributed by atoms with Crippen molar-refractivity contribution in [1.29, 1.82) is 0 Å². The summed E-state index contributed by atoms with van der Waals surface area (Å²) in [5.41, 5.74) is 6.72. The van der Waals surface area contributed by atoms with Gasteiger partial charge in [0.25, 0.3) is 5.91 Å². The number of rotatable bonds is 7. The number of benzene rings is 1. The SMILES string of the molecule is CCC(CC)(CN)C(=O)NCc1ccc(C(=O)N2CCNC(=O)C2)cc1.Cl. The zero-order chi connectivity index (χ0) is 19.2. The molecule has 0 aliphatic carbocycles. The van der Waals surface area contributed by atoms with Gasteiger partial charge in [-0.15, -0.1) is 12.4 Å². The van der Waals surface area contributed by atoms with E-state index in [1.165, 1.54) is 4.90 Å². The topological polar surface area (TPSA) is 105 Å². The molecular weight excluding hydrogens is 368 g/mol. The van der Waals surface area contributed by atoms with Crippen molar-refractivity contribution in [1.82, 2.24) is 15.5 Å². The largest absolute Gasteiger partial charge is 0.353 e. The Morgan fingerprint density at radius 2 is 1.85 bits per heavy atom. The van der Waals surface area contributed by atoms with E-state index in [0.29, 0.717) is 44.6 Å². The molecule has 1 heterocycles. The van der Waals surface area contributed by atoms with Crippen molar-refractivity contribution in [3.8, 4) is 0 Å². The molecule has 7 nitrogen and oxygen atoms in total. The van der Waals surface area contributed by atoms with Crippen LogP contribution in [0.1, 0.15) is 42.6 Å². The van der Waals surface area contributed by atoms with E-state index in [2.05, 4.69) is 10.6 Å². The van der Waals surface area contributed by atoms with Crippen LogP contribution in [0.25, 0.3) is 0 Å². The van der Waals surface area contributed by atoms with E-state index in [9.17, 15) is 14.4 Å². The van der Waals surface area contributed by atoms with Gasteiger partial charge < -0.3 is 21.3 Å². The molecule has 8 heteroatoms. The third-order valence-electron chi connectivity index (χ3n) is 5.21. The normalized spacial score (nSPS) is 14.2. The number of nitrogens with one attached hydrogen (secondary N) is 2. The summed E-state index contributed by atoms with van der Waals surface area (Å²) < 4.78 is 0. The fourth-order valence-electron chi connectivity index (χ4n) is 3.08. The van der Waals surface area contributed by atoms with Gasteiger partial charge in [-0.25, -0.2) is 0 Å². The summed E-state index contributed by atoms with van der Waals surface area (Å²) in [5, 5.41) is 5.64. The minimum absolute atomic E-state index is 0. The van der Waals surface area contributed by atoms with E-state index in [1.54, 1.807) is 12.1 Å². The Kier molecular flexibility index (Phi) is 8.72. The Morgan fingerprint density at radius 3 is 2.37 bits per heavy atom. The molecule has 150 valence electrons. The first-order chi connectivity index (χ1) is 12.5. The average molecular weight is 397 g/mol. The fraction of sp³-hybridized carbons (Fsp3) is 0.526. The van der Waals surface area contributed by atoms with Crippen LogP contribution in [0.15, 0.2) is 24.3 Å². The molecule has 4 N–H and O–H groups in total. The maximum Gasteiger partial charge on any atom is 0.254 e. The number of carbonyl (C=O) groups is 3. The monoisotopic (exact) mass is 396 g/mol. The Hall–Kier alpha value is -2.12. The summed E-state index contributed by atoms with van der Waals surface area (Å²) >= 11 is 0. The van der Waals surface area contributed by atoms with Gasteiger partial charge >= 0.3 is 0 Å². The number of hydrogen-bond acceptors (Lipinski definition) is 4. The molecule has 0 atom stereocenters. The van der Waals surface area contributed by atoms with Crippen molar-refractivity contribution in [2.75, 3.05) is 26.2 Å². The van der Waals surface area contributed by atoms with E-state index in [0.717, 1.165) is 5.56 Å². The minimum Gasteiger partial charge on any atom is -0.353 e. The summed E-state index contributed by atoms with van der Waals surface area (Å²) in [6, 6.07) is 7.09. The van der Waals surface area contributed by atoms with E-state index in [-0.39, 0.29) is 36.7 Å². The highest BCUT2D eigenvalue weighted by Crippen LogP contribution is 2.25. The number of carbonyl (C=O) groups excluding carboxylic acids is 3. The van der Waals surface area contributed by atoms with Crippen LogP contribution in [0.5, 0.6) is 0 Å². The van der Waals surface area contributed by atoms with E-state index in [1.807, 2.05) is 26.0 Å². The standard InChI is InChI=1S/C19H28N4O3.ClH/c1-3-19(4-2,13-20)18(26)22-11-14-5-7-15(8-6-14)17(25)23-10-9-21-16(24)12-23;/h5-8H,3-4,9-13,20H2,1-2H3,(H,21,24)(H,22,26);1H. The quantitative estimate of drug-likeness (QED) is 0.640. The molecule has 1 saturated heterocycles. The highest BCUT2D eigenvalue weighted by molar-refractivity contribution is 5.97. The van der Waals surface area contributed by atoms with Gasteiger partial charge in [0.15, 0.2) is 0 Å². The second kappa shape index (κ2) is 10.3. The summed E-state index contributed by atoms with van der Waals surface area (Å²) in [5.74, 6) is -0.335. The van der Waals surface area contributed by atoms with E-state index >= 15 is 0 Å². The fourth-order valence-corrected chi connectivity index (χ4v) is 3.08. The van der Waals surface area contributed by atoms with Gasteiger partial charge in [-0.2, -0.15) is 0 Å². The van der Waals surface area contributed by atoms with Crippen molar-refractivity contribution in [2.45, 2.75) is 33.2 Å². The third-order valence-corrected chi connectivity index (χ3v) is 5.21. The summed E-state index contributed by atoms with van der Waals surface area (Å²) in [4.78, 5) is 37.8. The molecule has 0 spiro atoms. The van der Waals surface area contributed by atoms with Gasteiger partial charge in [-0.3, -0.25) is 14.4 Å². The van der Waals surface area contributed by atoms with Gasteiger partial charge in [-0.05, 0) is 30.5 Å². The molecule has 0 saturated carbocycles. The smallest absolute Gasteiger partial charge is 0.254 e. The van der Waals surface area contributed by atoms with Crippen LogP contribution < -0.4 is 16.4 Å². The highest BCUT2D eigenvalue weighted by atomic mass is 35.5. The van der Waals surface area contributed by atoms with Crippen molar-refractivity contribution in [3.05, 3.63) is 35.4 Å². The molecule has 0 aromatic heterocycles. The van der Waals surface area contributed by atoms with Gasteiger partial charge in [-0.1, -0.05) is 26.0 Å². The molecule has 0 bridgehead atoms. The zero-order valence-electron chi connectivity index (χ0n) is 15.9. The second-order valence-electron chi connectivity index (χ2n) is 6.65. The Labute approximate surface area is 166 Å². The molecule has 1 aromatic rings. The molecule has 2 rings (SSSR count). The lowest BCUT2D eigenvalue weighted by molar-refractivity contribution is -0.131. The third kappa shape index (κ3) is 5.43. The minimum atomic E-state index is -0.523. The Morgan fingerprint density at radius 1 is 1.22 bits per heavy atom. The summed E-state index contributed by atoms with van der Waals surface area (Å²) in [6.07, 6.45) is 1.39. The molecule has 3 amide bonds. The van der Waals surface area contributed by atoms with Crippen LogP contribution in [0, 0.1) is 5.41 Å². The van der Waals surface area contributed by atoms with Crippen LogP contribution in [-0.2, 0) is 16.1 Å². The number of halogens is 1. The van der Waals surface area contributed by atoms with Gasteiger partial charge in [0.1, 0.15) is 0 Å². The average Bonchev–Trinajstić information content (AvgIpc) is 2.68. The lowest BCUT2D eigenvalue weighted by atomic mass is 9.81. The van der Waals surface area contributed by atoms with Gasteiger partial charge in [0.2, 0.25) is 11.8 Å². The van der Waals surface area contributed by atoms with Gasteiger partial charge in [0, 0.05) is 31.7 Å². The molecule has 0 unspecified atom stereocenters. The van der Waals surface area contributed by atoms with Crippen molar-refractivity contribution in [3.63, 3.8) is 0 Å². The number of amides is 3. The number of nitrogens with two attached hydrogens (primary N) is 1. The Balaban J connectivity index is 0.00000364. The zero-order valence-corrected chi connectivity index (χ0v) is 16.7. The van der Waals surface area contributed by atoms with Gasteiger partial charge in [0.05, 0.1) is 12.0 Å². The second-order valence-corrected chi connectivity index (χ2v) is 6.65. The lowest BCUT2D eigenvalue weighted by Crippen LogP contribution is -2.49. The molecule has 1 aliphatic heterocycles. The van der Waals surface area contributed by atoms with Crippen LogP contribution in [-0.4, -0.2) is 48.8 Å². The van der Waals surface area contributed by atoms with E-state index < -0.39 is 5.41 Å². The number of hydrogen-bond donors (Lipinski definition) is 3. The predicted octanol–water partition coefficient (Wildman–Crippen LogP) is 1.06.